The van der Waals surface area contributed by atoms with Crippen molar-refractivity contribution in [3.05, 3.63) is 125 Å². The van der Waals surface area contributed by atoms with Crippen LogP contribution in [-0.2, 0) is 6.61 Å². The average molecular weight is 588 g/mol. The summed E-state index contributed by atoms with van der Waals surface area (Å²) in [5.74, 6) is 0.605. The van der Waals surface area contributed by atoms with Gasteiger partial charge in [0, 0.05) is 34.5 Å². The fraction of sp³-hybridized carbons (Fsp3) is 0.184. The SMILES string of the molecule is COc1cc(OC(=O)c2cccc3ccccc23)ccc1-c1ccc2c(c1COc1cc(F)ccc1C)C(C)=CC(C)(C)N2. The van der Waals surface area contributed by atoms with Gasteiger partial charge < -0.3 is 19.5 Å². The number of hydrogen-bond acceptors (Lipinski definition) is 5. The number of carbonyl (C=O) groups is 1. The monoisotopic (exact) mass is 587 g/mol. The van der Waals surface area contributed by atoms with E-state index in [2.05, 4.69) is 38.2 Å². The summed E-state index contributed by atoms with van der Waals surface area (Å²) in [6, 6.07) is 27.3. The second kappa shape index (κ2) is 11.5. The van der Waals surface area contributed by atoms with Crippen LogP contribution >= 0.6 is 0 Å². The van der Waals surface area contributed by atoms with Crippen molar-refractivity contribution >= 4 is 28.0 Å². The van der Waals surface area contributed by atoms with Gasteiger partial charge in [-0.3, -0.25) is 0 Å². The second-order valence-corrected chi connectivity index (χ2v) is 11.7. The number of nitrogens with one attached hydrogen (secondary N) is 1. The lowest BCUT2D eigenvalue weighted by atomic mass is 9.85. The fourth-order valence-corrected chi connectivity index (χ4v) is 6.00. The van der Waals surface area contributed by atoms with Gasteiger partial charge in [-0.25, -0.2) is 9.18 Å². The van der Waals surface area contributed by atoms with Crippen molar-refractivity contribution in [2.75, 3.05) is 12.4 Å². The van der Waals surface area contributed by atoms with Crippen molar-refractivity contribution < 1.29 is 23.4 Å². The molecule has 222 valence electrons. The van der Waals surface area contributed by atoms with Crippen LogP contribution in [0.25, 0.3) is 27.5 Å². The number of rotatable bonds is 7. The van der Waals surface area contributed by atoms with Crippen LogP contribution in [0.2, 0.25) is 0 Å². The Kier molecular flexibility index (Phi) is 7.60. The number of aryl methyl sites for hydroxylation is 1. The largest absolute Gasteiger partial charge is 0.496 e. The van der Waals surface area contributed by atoms with Gasteiger partial charge in [0.25, 0.3) is 0 Å². The van der Waals surface area contributed by atoms with Crippen LogP contribution in [0.1, 0.15) is 47.8 Å². The number of allylic oxidation sites excluding steroid dienone is 1. The number of hydrogen-bond donors (Lipinski definition) is 1. The molecule has 1 aliphatic heterocycles. The lowest BCUT2D eigenvalue weighted by Crippen LogP contribution is -2.32. The van der Waals surface area contributed by atoms with Gasteiger partial charge in [0.1, 0.15) is 29.7 Å². The zero-order valence-electron chi connectivity index (χ0n) is 25.5. The Morgan fingerprint density at radius 2 is 1.64 bits per heavy atom. The van der Waals surface area contributed by atoms with E-state index in [0.29, 0.717) is 22.8 Å². The Bertz CT molecular complexity index is 1940. The van der Waals surface area contributed by atoms with Gasteiger partial charge in [-0.1, -0.05) is 54.6 Å². The molecule has 5 aromatic carbocycles. The number of benzene rings is 5. The van der Waals surface area contributed by atoms with Crippen molar-refractivity contribution in [2.24, 2.45) is 0 Å². The third-order valence-electron chi connectivity index (χ3n) is 7.95. The summed E-state index contributed by atoms with van der Waals surface area (Å²) < 4.78 is 32.0. The summed E-state index contributed by atoms with van der Waals surface area (Å²) in [5.41, 5.74) is 6.90. The van der Waals surface area contributed by atoms with Crippen LogP contribution in [0.5, 0.6) is 17.2 Å². The predicted molar refractivity (Wildman–Crippen MR) is 174 cm³/mol. The quantitative estimate of drug-likeness (QED) is 0.152. The minimum atomic E-state index is -0.445. The van der Waals surface area contributed by atoms with Crippen molar-refractivity contribution in [1.82, 2.24) is 0 Å². The van der Waals surface area contributed by atoms with Crippen molar-refractivity contribution in [3.8, 4) is 28.4 Å². The highest BCUT2D eigenvalue weighted by molar-refractivity contribution is 6.05. The number of ether oxygens (including phenoxy) is 3. The average Bonchev–Trinajstić information content (AvgIpc) is 3.00. The summed E-state index contributed by atoms with van der Waals surface area (Å²) in [6.45, 7) is 8.45. The normalized spacial score (nSPS) is 13.5. The van der Waals surface area contributed by atoms with Crippen LogP contribution in [-0.4, -0.2) is 18.6 Å². The minimum Gasteiger partial charge on any atom is -0.496 e. The Morgan fingerprint density at radius 3 is 2.45 bits per heavy atom. The third kappa shape index (κ3) is 5.63. The molecule has 6 heteroatoms. The van der Waals surface area contributed by atoms with E-state index in [0.717, 1.165) is 49.9 Å². The first-order chi connectivity index (χ1) is 21.1. The molecule has 0 atom stereocenters. The molecule has 0 bridgehead atoms. The maximum Gasteiger partial charge on any atom is 0.344 e. The molecule has 0 spiro atoms. The molecular formula is C38H34FNO4. The maximum absolute atomic E-state index is 14.1. The molecule has 0 unspecified atom stereocenters. The Labute approximate surface area is 256 Å². The van der Waals surface area contributed by atoms with Crippen molar-refractivity contribution in [2.45, 2.75) is 39.8 Å². The number of anilines is 1. The molecule has 5 aromatic rings. The fourth-order valence-electron chi connectivity index (χ4n) is 6.00. The topological polar surface area (TPSA) is 56.8 Å². The Hall–Kier alpha value is -5.10. The van der Waals surface area contributed by atoms with Gasteiger partial charge in [0.05, 0.1) is 18.2 Å². The molecule has 6 rings (SSSR count). The highest BCUT2D eigenvalue weighted by atomic mass is 19.1. The molecule has 0 fully saturated rings. The summed E-state index contributed by atoms with van der Waals surface area (Å²) in [7, 11) is 1.59. The van der Waals surface area contributed by atoms with Crippen LogP contribution < -0.4 is 19.5 Å². The van der Waals surface area contributed by atoms with Gasteiger partial charge in [-0.2, -0.15) is 0 Å². The van der Waals surface area contributed by atoms with Gasteiger partial charge in [-0.05, 0) is 85.5 Å². The van der Waals surface area contributed by atoms with Crippen LogP contribution in [0.15, 0.2) is 97.1 Å². The molecule has 44 heavy (non-hydrogen) atoms. The van der Waals surface area contributed by atoms with Gasteiger partial charge in [0.15, 0.2) is 0 Å². The Balaban J connectivity index is 1.39. The number of halogens is 1. The first kappa shape index (κ1) is 29.0. The van der Waals surface area contributed by atoms with Gasteiger partial charge in [0.2, 0.25) is 0 Å². The molecule has 1 heterocycles. The van der Waals surface area contributed by atoms with Gasteiger partial charge >= 0.3 is 5.97 Å². The van der Waals surface area contributed by atoms with E-state index in [-0.39, 0.29) is 18.0 Å². The van der Waals surface area contributed by atoms with Crippen molar-refractivity contribution in [1.29, 1.82) is 0 Å². The van der Waals surface area contributed by atoms with E-state index in [9.17, 15) is 9.18 Å². The molecule has 0 aromatic heterocycles. The van der Waals surface area contributed by atoms with Crippen LogP contribution in [0.4, 0.5) is 10.1 Å². The molecule has 0 aliphatic carbocycles. The first-order valence-corrected chi connectivity index (χ1v) is 14.5. The van der Waals surface area contributed by atoms with E-state index in [1.807, 2.05) is 55.5 Å². The predicted octanol–water partition coefficient (Wildman–Crippen LogP) is 9.37. The third-order valence-corrected chi connectivity index (χ3v) is 7.95. The summed E-state index contributed by atoms with van der Waals surface area (Å²) in [6.07, 6.45) is 2.20. The summed E-state index contributed by atoms with van der Waals surface area (Å²) in [5, 5.41) is 5.41. The number of methoxy groups -OCH3 is 1. The summed E-state index contributed by atoms with van der Waals surface area (Å²) >= 11 is 0. The summed E-state index contributed by atoms with van der Waals surface area (Å²) in [4.78, 5) is 13.2. The van der Waals surface area contributed by atoms with Crippen molar-refractivity contribution in [3.63, 3.8) is 0 Å². The lowest BCUT2D eigenvalue weighted by Gasteiger charge is -2.33. The molecular weight excluding hydrogens is 553 g/mol. The molecule has 1 N–H and O–H groups in total. The second-order valence-electron chi connectivity index (χ2n) is 11.7. The molecule has 0 saturated heterocycles. The van der Waals surface area contributed by atoms with E-state index in [1.54, 1.807) is 31.4 Å². The Morgan fingerprint density at radius 1 is 0.864 bits per heavy atom. The zero-order valence-corrected chi connectivity index (χ0v) is 25.5. The lowest BCUT2D eigenvalue weighted by molar-refractivity contribution is 0.0736. The maximum atomic E-state index is 14.1. The standard InChI is InChI=1S/C38H34FNO4/c1-23-13-14-26(39)19-34(23)43-22-32-29(17-18-33-36(32)24(2)21-38(3,4)40-33)30-16-15-27(20-35(30)42-5)44-37(41)31-12-8-10-25-9-6-7-11-28(25)31/h6-21,40H,22H2,1-5H3. The van der Waals surface area contributed by atoms with Crippen LogP contribution in [0, 0.1) is 12.7 Å². The highest BCUT2D eigenvalue weighted by Crippen LogP contribution is 2.43. The number of fused-ring (bicyclic) bond motifs is 2. The van der Waals surface area contributed by atoms with Crippen LogP contribution in [0.3, 0.4) is 0 Å². The van der Waals surface area contributed by atoms with E-state index in [4.69, 9.17) is 14.2 Å². The minimum absolute atomic E-state index is 0.205. The van der Waals surface area contributed by atoms with Gasteiger partial charge in [-0.15, -0.1) is 0 Å². The molecule has 5 nitrogen and oxygen atoms in total. The number of esters is 1. The molecule has 0 amide bonds. The van der Waals surface area contributed by atoms with E-state index >= 15 is 0 Å². The molecule has 0 radical (unpaired) electrons. The molecule has 1 aliphatic rings. The molecule has 0 saturated carbocycles. The van der Waals surface area contributed by atoms with E-state index < -0.39 is 5.97 Å². The number of carbonyl (C=O) groups excluding carboxylic acids is 1. The highest BCUT2D eigenvalue weighted by Gasteiger charge is 2.27. The van der Waals surface area contributed by atoms with E-state index in [1.165, 1.54) is 12.1 Å². The first-order valence-electron chi connectivity index (χ1n) is 14.5. The zero-order chi connectivity index (χ0) is 31.0. The smallest absolute Gasteiger partial charge is 0.344 e.